The van der Waals surface area contributed by atoms with Gasteiger partial charge in [0.1, 0.15) is 0 Å². The number of hydrogen-bond acceptors (Lipinski definition) is 3. The number of aliphatic imine (C=N–C) groups is 1. The summed E-state index contributed by atoms with van der Waals surface area (Å²) in [6.45, 7) is 4.66. The fourth-order valence-corrected chi connectivity index (χ4v) is 1.76. The van der Waals surface area contributed by atoms with E-state index in [4.69, 9.17) is 15.2 Å². The van der Waals surface area contributed by atoms with E-state index in [9.17, 15) is 4.39 Å². The molecule has 0 spiro atoms. The maximum absolute atomic E-state index is 13.3. The van der Waals surface area contributed by atoms with E-state index in [2.05, 4.69) is 10.3 Å². The molecule has 0 bridgehead atoms. The number of benzene rings is 1. The molecule has 0 atom stereocenters. The van der Waals surface area contributed by atoms with Crippen LogP contribution in [0, 0.1) is 5.82 Å². The number of nitrogens with zero attached hydrogens (tertiary/aromatic N) is 1. The van der Waals surface area contributed by atoms with Gasteiger partial charge >= 0.3 is 0 Å². The van der Waals surface area contributed by atoms with Gasteiger partial charge in [0.25, 0.3) is 0 Å². The minimum atomic E-state index is -0.357. The minimum Gasteiger partial charge on any atom is -0.494 e. The molecule has 0 heterocycles. The quantitative estimate of drug-likeness (QED) is 0.276. The Balaban J connectivity index is 0.00000441. The Kier molecular flexibility index (Phi) is 11.8. The summed E-state index contributed by atoms with van der Waals surface area (Å²) in [6.07, 6.45) is 1.57. The number of nitrogens with one attached hydrogen (secondary N) is 1. The van der Waals surface area contributed by atoms with Gasteiger partial charge in [-0.3, -0.25) is 4.99 Å². The highest BCUT2D eigenvalue weighted by Gasteiger charge is 2.03. The molecule has 1 aromatic rings. The predicted molar refractivity (Wildman–Crippen MR) is 97.7 cm³/mol. The van der Waals surface area contributed by atoms with Crippen molar-refractivity contribution in [1.82, 2.24) is 5.32 Å². The summed E-state index contributed by atoms with van der Waals surface area (Å²) in [5.74, 6) is 0.315. The summed E-state index contributed by atoms with van der Waals surface area (Å²) in [6, 6.07) is 4.82. The third-order valence-corrected chi connectivity index (χ3v) is 2.87. The van der Waals surface area contributed by atoms with E-state index in [-0.39, 0.29) is 35.5 Å². The van der Waals surface area contributed by atoms with Gasteiger partial charge in [-0.2, -0.15) is 0 Å². The summed E-state index contributed by atoms with van der Waals surface area (Å²) in [4.78, 5) is 4.19. The normalized spacial score (nSPS) is 11.0. The lowest BCUT2D eigenvalue weighted by Gasteiger charge is -2.08. The number of rotatable bonds is 9. The fraction of sp³-hybridized carbons (Fsp3) is 0.533. The van der Waals surface area contributed by atoms with E-state index in [1.54, 1.807) is 12.1 Å². The van der Waals surface area contributed by atoms with Crippen molar-refractivity contribution in [3.8, 4) is 5.75 Å². The molecule has 22 heavy (non-hydrogen) atoms. The molecule has 0 aliphatic carbocycles. The maximum atomic E-state index is 13.3. The number of guanidine groups is 1. The lowest BCUT2D eigenvalue weighted by molar-refractivity contribution is 0.146. The Hall–Kier alpha value is -1.09. The maximum Gasteiger partial charge on any atom is 0.188 e. The second kappa shape index (κ2) is 12.5. The third kappa shape index (κ3) is 8.38. The van der Waals surface area contributed by atoms with Gasteiger partial charge in [0.2, 0.25) is 0 Å². The number of halogens is 2. The Morgan fingerprint density at radius 1 is 1.41 bits per heavy atom. The molecular weight excluding hydrogens is 400 g/mol. The summed E-state index contributed by atoms with van der Waals surface area (Å²) >= 11 is 0. The van der Waals surface area contributed by atoms with Crippen molar-refractivity contribution in [2.75, 3.05) is 33.4 Å². The molecule has 0 saturated carbocycles. The van der Waals surface area contributed by atoms with Crippen molar-refractivity contribution in [3.05, 3.63) is 29.6 Å². The van der Waals surface area contributed by atoms with Gasteiger partial charge in [0, 0.05) is 26.3 Å². The molecule has 3 N–H and O–H groups in total. The Bertz CT molecular complexity index is 458. The van der Waals surface area contributed by atoms with Crippen LogP contribution in [-0.2, 0) is 11.2 Å². The molecule has 1 aromatic carbocycles. The van der Waals surface area contributed by atoms with Crippen molar-refractivity contribution < 1.29 is 13.9 Å². The van der Waals surface area contributed by atoms with Crippen molar-refractivity contribution in [2.24, 2.45) is 10.7 Å². The standard InChI is InChI=1S/C15H24FN3O2.HI/c1-3-21-10-4-8-18-15(17)19-9-7-12-5-6-13(16)14(11-12)20-2;/h5-6,11H,3-4,7-10H2,1-2H3,(H3,17,18,19);1H. The van der Waals surface area contributed by atoms with Crippen LogP contribution >= 0.6 is 24.0 Å². The average molecular weight is 425 g/mol. The molecule has 1 rings (SSSR count). The first-order valence-corrected chi connectivity index (χ1v) is 7.11. The van der Waals surface area contributed by atoms with Gasteiger partial charge in [-0.15, -0.1) is 24.0 Å². The Labute approximate surface area is 148 Å². The van der Waals surface area contributed by atoms with Gasteiger partial charge in [-0.1, -0.05) is 6.07 Å². The van der Waals surface area contributed by atoms with Crippen LogP contribution in [0.2, 0.25) is 0 Å². The summed E-state index contributed by atoms with van der Waals surface area (Å²) in [5, 5.41) is 3.03. The van der Waals surface area contributed by atoms with Crippen LogP contribution in [0.15, 0.2) is 23.2 Å². The molecule has 0 aromatic heterocycles. The molecule has 5 nitrogen and oxygen atoms in total. The van der Waals surface area contributed by atoms with Gasteiger partial charge in [-0.25, -0.2) is 4.39 Å². The Morgan fingerprint density at radius 2 is 2.18 bits per heavy atom. The average Bonchev–Trinajstić information content (AvgIpc) is 2.48. The van der Waals surface area contributed by atoms with Crippen molar-refractivity contribution >= 4 is 29.9 Å². The lowest BCUT2D eigenvalue weighted by atomic mass is 10.1. The van der Waals surface area contributed by atoms with Crippen molar-refractivity contribution in [2.45, 2.75) is 19.8 Å². The van der Waals surface area contributed by atoms with E-state index >= 15 is 0 Å². The monoisotopic (exact) mass is 425 g/mol. The van der Waals surface area contributed by atoms with Crippen molar-refractivity contribution in [3.63, 3.8) is 0 Å². The molecule has 7 heteroatoms. The van der Waals surface area contributed by atoms with Gasteiger partial charge in [0.15, 0.2) is 17.5 Å². The zero-order chi connectivity index (χ0) is 15.5. The Morgan fingerprint density at radius 3 is 2.86 bits per heavy atom. The predicted octanol–water partition coefficient (Wildman–Crippen LogP) is 2.33. The van der Waals surface area contributed by atoms with Crippen LogP contribution in [-0.4, -0.2) is 39.4 Å². The van der Waals surface area contributed by atoms with E-state index in [1.165, 1.54) is 13.2 Å². The molecule has 0 unspecified atom stereocenters. The van der Waals surface area contributed by atoms with E-state index < -0.39 is 0 Å². The zero-order valence-electron chi connectivity index (χ0n) is 13.1. The topological polar surface area (TPSA) is 68.9 Å². The molecule has 0 aliphatic heterocycles. The van der Waals surface area contributed by atoms with Gasteiger partial charge in [0.05, 0.1) is 7.11 Å². The van der Waals surface area contributed by atoms with Crippen LogP contribution in [0.4, 0.5) is 4.39 Å². The summed E-state index contributed by atoms with van der Waals surface area (Å²) in [7, 11) is 1.45. The molecule has 0 saturated heterocycles. The van der Waals surface area contributed by atoms with Crippen LogP contribution in [0.3, 0.4) is 0 Å². The first kappa shape index (κ1) is 20.9. The second-order valence-electron chi connectivity index (χ2n) is 4.46. The van der Waals surface area contributed by atoms with E-state index in [0.29, 0.717) is 32.1 Å². The highest BCUT2D eigenvalue weighted by Crippen LogP contribution is 2.18. The largest absolute Gasteiger partial charge is 0.494 e. The summed E-state index contributed by atoms with van der Waals surface area (Å²) < 4.78 is 23.4. The highest BCUT2D eigenvalue weighted by atomic mass is 127. The van der Waals surface area contributed by atoms with Gasteiger partial charge < -0.3 is 20.5 Å². The first-order chi connectivity index (χ1) is 10.2. The zero-order valence-corrected chi connectivity index (χ0v) is 15.4. The molecule has 0 aliphatic rings. The van der Waals surface area contributed by atoms with Gasteiger partial charge in [-0.05, 0) is 37.5 Å². The number of hydrogen-bond donors (Lipinski definition) is 2. The molecule has 126 valence electrons. The van der Waals surface area contributed by atoms with Crippen LogP contribution in [0.5, 0.6) is 5.75 Å². The third-order valence-electron chi connectivity index (χ3n) is 2.87. The lowest BCUT2D eigenvalue weighted by Crippen LogP contribution is -2.33. The van der Waals surface area contributed by atoms with Crippen LogP contribution in [0.25, 0.3) is 0 Å². The molecule has 0 fully saturated rings. The summed E-state index contributed by atoms with van der Waals surface area (Å²) in [5.41, 5.74) is 6.72. The molecule has 0 radical (unpaired) electrons. The molecule has 0 amide bonds. The second-order valence-corrected chi connectivity index (χ2v) is 4.46. The fourth-order valence-electron chi connectivity index (χ4n) is 1.76. The first-order valence-electron chi connectivity index (χ1n) is 7.11. The van der Waals surface area contributed by atoms with Crippen LogP contribution < -0.4 is 15.8 Å². The van der Waals surface area contributed by atoms with E-state index in [1.807, 2.05) is 6.92 Å². The number of methoxy groups -OCH3 is 1. The van der Waals surface area contributed by atoms with E-state index in [0.717, 1.165) is 18.6 Å². The minimum absolute atomic E-state index is 0. The SMILES string of the molecule is CCOCCCN=C(N)NCCc1ccc(F)c(OC)c1.I. The molecular formula is C15H25FIN3O2. The highest BCUT2D eigenvalue weighted by molar-refractivity contribution is 14.0. The smallest absolute Gasteiger partial charge is 0.188 e. The van der Waals surface area contributed by atoms with Crippen LogP contribution in [0.1, 0.15) is 18.9 Å². The number of nitrogens with two attached hydrogens (primary N) is 1. The van der Waals surface area contributed by atoms with Crippen molar-refractivity contribution in [1.29, 1.82) is 0 Å². The number of ether oxygens (including phenoxy) is 2.